The van der Waals surface area contributed by atoms with Crippen LogP contribution in [0.3, 0.4) is 0 Å². The first-order valence-electron chi connectivity index (χ1n) is 10.0. The average Bonchev–Trinajstić information content (AvgIpc) is 3.37. The number of rotatable bonds is 5. The number of thioether (sulfide) groups is 1. The normalized spacial score (nSPS) is 14.8. The monoisotopic (exact) mass is 424 g/mol. The Bertz CT molecular complexity index is 1090. The largest absolute Gasteiger partial charge is 0.443 e. The van der Waals surface area contributed by atoms with Crippen LogP contribution in [0.4, 0.5) is 5.82 Å². The van der Waals surface area contributed by atoms with E-state index < -0.39 is 0 Å². The molecule has 2 aromatic heterocycles. The van der Waals surface area contributed by atoms with Gasteiger partial charge in [-0.1, -0.05) is 30.0 Å². The third kappa shape index (κ3) is 4.05. The van der Waals surface area contributed by atoms with Crippen molar-refractivity contribution < 1.29 is 14.0 Å². The second-order valence-electron chi connectivity index (χ2n) is 7.43. The number of furan rings is 1. The van der Waals surface area contributed by atoms with E-state index in [0.717, 1.165) is 37.3 Å². The summed E-state index contributed by atoms with van der Waals surface area (Å²) in [7, 11) is 0. The van der Waals surface area contributed by atoms with E-state index in [-0.39, 0.29) is 17.1 Å². The number of fused-ring (bicyclic) bond motifs is 1. The van der Waals surface area contributed by atoms with Crippen molar-refractivity contribution in [1.82, 2.24) is 14.9 Å². The first kappa shape index (κ1) is 20.4. The van der Waals surface area contributed by atoms with Gasteiger partial charge >= 0.3 is 0 Å². The number of amides is 2. The van der Waals surface area contributed by atoms with Crippen LogP contribution < -0.4 is 5.32 Å². The summed E-state index contributed by atoms with van der Waals surface area (Å²) in [6.07, 6.45) is 2.10. The van der Waals surface area contributed by atoms with Crippen molar-refractivity contribution in [1.29, 1.82) is 0 Å². The number of carbonyl (C=O) groups excluding carboxylic acids is 2. The topological polar surface area (TPSA) is 88.3 Å². The van der Waals surface area contributed by atoms with Gasteiger partial charge in [0.25, 0.3) is 5.91 Å². The fourth-order valence-corrected chi connectivity index (χ4v) is 4.39. The molecule has 8 heteroatoms. The molecule has 0 bridgehead atoms. The summed E-state index contributed by atoms with van der Waals surface area (Å²) in [5, 5.41) is 3.65. The molecule has 1 atom stereocenters. The van der Waals surface area contributed by atoms with Crippen LogP contribution in [0.1, 0.15) is 41.4 Å². The Hall–Kier alpha value is -2.87. The Morgan fingerprint density at radius 3 is 2.53 bits per heavy atom. The van der Waals surface area contributed by atoms with Crippen LogP contribution in [0.15, 0.2) is 39.9 Å². The summed E-state index contributed by atoms with van der Waals surface area (Å²) in [6, 6.07) is 8.97. The molecule has 1 aromatic carbocycles. The second-order valence-corrected chi connectivity index (χ2v) is 8.74. The van der Waals surface area contributed by atoms with E-state index in [4.69, 9.17) is 4.42 Å². The summed E-state index contributed by atoms with van der Waals surface area (Å²) >= 11 is 1.28. The van der Waals surface area contributed by atoms with Crippen LogP contribution in [0.25, 0.3) is 11.1 Å². The molecular weight excluding hydrogens is 400 g/mol. The minimum Gasteiger partial charge on any atom is -0.443 e. The molecule has 3 aromatic rings. The summed E-state index contributed by atoms with van der Waals surface area (Å²) in [5.41, 5.74) is 1.83. The number of aryl methyl sites for hydroxylation is 2. The summed E-state index contributed by atoms with van der Waals surface area (Å²) in [4.78, 5) is 36.4. The lowest BCUT2D eigenvalue weighted by Gasteiger charge is -2.19. The third-order valence-electron chi connectivity index (χ3n) is 5.32. The van der Waals surface area contributed by atoms with Gasteiger partial charge in [-0.05, 0) is 45.7 Å². The molecule has 7 nitrogen and oxygen atoms in total. The van der Waals surface area contributed by atoms with Gasteiger partial charge in [-0.25, -0.2) is 4.98 Å². The number of aromatic nitrogens is 2. The predicted molar refractivity (Wildman–Crippen MR) is 117 cm³/mol. The van der Waals surface area contributed by atoms with Gasteiger partial charge in [-0.15, -0.1) is 0 Å². The Labute approximate surface area is 179 Å². The molecule has 2 amide bonds. The highest BCUT2D eigenvalue weighted by molar-refractivity contribution is 8.00. The molecule has 0 spiro atoms. The number of anilines is 1. The maximum Gasteiger partial charge on any atom is 0.256 e. The lowest BCUT2D eigenvalue weighted by Crippen LogP contribution is -2.34. The molecule has 156 valence electrons. The minimum absolute atomic E-state index is 0.0860. The maximum absolute atomic E-state index is 12.7. The van der Waals surface area contributed by atoms with Crippen LogP contribution in [0.5, 0.6) is 0 Å². The fourth-order valence-electron chi connectivity index (χ4n) is 3.55. The fraction of sp³-hybridized carbons (Fsp3) is 0.364. The number of nitrogens with zero attached hydrogens (tertiary/aromatic N) is 3. The van der Waals surface area contributed by atoms with Crippen LogP contribution >= 0.6 is 11.8 Å². The molecule has 30 heavy (non-hydrogen) atoms. The average molecular weight is 425 g/mol. The Morgan fingerprint density at radius 2 is 1.83 bits per heavy atom. The van der Waals surface area contributed by atoms with Gasteiger partial charge in [0, 0.05) is 24.2 Å². The number of hydrogen-bond donors (Lipinski definition) is 1. The van der Waals surface area contributed by atoms with Gasteiger partial charge in [0.05, 0.1) is 10.6 Å². The van der Waals surface area contributed by atoms with Crippen LogP contribution in [0.2, 0.25) is 0 Å². The standard InChI is InChI=1S/C22H24N4O3S/c1-13-14(2)29-20-17(13)18(23-19(27)16-9-5-4-6-10-16)24-22(25-20)30-15(3)21(28)26-11-7-8-12-26/h4-6,9-10,15H,7-8,11-12H2,1-3H3,(H,23,24,25,27)/t15-/m1/s1. The number of carbonyl (C=O) groups is 2. The number of hydrogen-bond acceptors (Lipinski definition) is 6. The summed E-state index contributed by atoms with van der Waals surface area (Å²) < 4.78 is 5.80. The molecule has 3 heterocycles. The highest BCUT2D eigenvalue weighted by Crippen LogP contribution is 2.33. The van der Waals surface area contributed by atoms with Gasteiger partial charge < -0.3 is 14.6 Å². The van der Waals surface area contributed by atoms with E-state index in [1.54, 1.807) is 12.1 Å². The molecular formula is C22H24N4O3S. The van der Waals surface area contributed by atoms with E-state index >= 15 is 0 Å². The third-order valence-corrected chi connectivity index (χ3v) is 6.27. The Morgan fingerprint density at radius 1 is 1.13 bits per heavy atom. The highest BCUT2D eigenvalue weighted by Gasteiger charge is 2.26. The zero-order chi connectivity index (χ0) is 21.3. The Kier molecular flexibility index (Phi) is 5.76. The molecule has 0 aliphatic carbocycles. The summed E-state index contributed by atoms with van der Waals surface area (Å²) in [5.74, 6) is 0.943. The zero-order valence-corrected chi connectivity index (χ0v) is 18.1. The minimum atomic E-state index is -0.324. The molecule has 1 N–H and O–H groups in total. The first-order chi connectivity index (χ1) is 14.4. The highest BCUT2D eigenvalue weighted by atomic mass is 32.2. The van der Waals surface area contributed by atoms with Gasteiger partial charge in [0.2, 0.25) is 11.6 Å². The number of nitrogens with one attached hydrogen (secondary N) is 1. The molecule has 0 saturated carbocycles. The first-order valence-corrected chi connectivity index (χ1v) is 10.9. The van der Waals surface area contributed by atoms with E-state index in [2.05, 4.69) is 15.3 Å². The summed E-state index contributed by atoms with van der Waals surface area (Å²) in [6.45, 7) is 7.23. The van der Waals surface area contributed by atoms with Crippen molar-refractivity contribution in [2.75, 3.05) is 18.4 Å². The Balaban J connectivity index is 1.64. The SMILES string of the molecule is Cc1oc2nc(S[C@H](C)C(=O)N3CCCC3)nc(NC(=O)c3ccccc3)c2c1C. The van der Waals surface area contributed by atoms with E-state index in [9.17, 15) is 9.59 Å². The van der Waals surface area contributed by atoms with Gasteiger partial charge in [-0.3, -0.25) is 9.59 Å². The lowest BCUT2D eigenvalue weighted by atomic mass is 10.2. The van der Waals surface area contributed by atoms with Crippen LogP contribution in [-0.4, -0.2) is 45.0 Å². The van der Waals surface area contributed by atoms with Gasteiger partial charge in [-0.2, -0.15) is 4.98 Å². The number of likely N-dealkylation sites (tertiary alicyclic amines) is 1. The molecule has 1 saturated heterocycles. The van der Waals surface area contributed by atoms with E-state index in [0.29, 0.717) is 27.6 Å². The molecule has 4 rings (SSSR count). The molecule has 0 unspecified atom stereocenters. The predicted octanol–water partition coefficient (Wildman–Crippen LogP) is 4.19. The zero-order valence-electron chi connectivity index (χ0n) is 17.3. The second kappa shape index (κ2) is 8.47. The van der Waals surface area contributed by atoms with Gasteiger partial charge in [0.1, 0.15) is 11.6 Å². The van der Waals surface area contributed by atoms with Crippen LogP contribution in [0, 0.1) is 13.8 Å². The lowest BCUT2D eigenvalue weighted by molar-refractivity contribution is -0.129. The van der Waals surface area contributed by atoms with Crippen LogP contribution in [-0.2, 0) is 4.79 Å². The van der Waals surface area contributed by atoms with E-state index in [1.165, 1.54) is 11.8 Å². The molecule has 1 aliphatic rings. The molecule has 0 radical (unpaired) electrons. The van der Waals surface area contributed by atoms with E-state index in [1.807, 2.05) is 43.9 Å². The van der Waals surface area contributed by atoms with Crippen molar-refractivity contribution in [3.8, 4) is 0 Å². The smallest absolute Gasteiger partial charge is 0.256 e. The van der Waals surface area contributed by atoms with Crippen molar-refractivity contribution in [3.63, 3.8) is 0 Å². The van der Waals surface area contributed by atoms with Crippen molar-refractivity contribution in [2.45, 2.75) is 44.0 Å². The maximum atomic E-state index is 12.7. The van der Waals surface area contributed by atoms with Crippen molar-refractivity contribution in [3.05, 3.63) is 47.2 Å². The molecule has 1 aliphatic heterocycles. The number of benzene rings is 1. The molecule has 1 fully saturated rings. The quantitative estimate of drug-likeness (QED) is 0.488. The van der Waals surface area contributed by atoms with Gasteiger partial charge in [0.15, 0.2) is 5.16 Å². The van der Waals surface area contributed by atoms with Crippen molar-refractivity contribution in [2.24, 2.45) is 0 Å². The van der Waals surface area contributed by atoms with Crippen molar-refractivity contribution >= 4 is 40.5 Å².